The molecule has 0 spiro atoms. The lowest BCUT2D eigenvalue weighted by molar-refractivity contribution is -0.256. The van der Waals surface area contributed by atoms with Crippen molar-refractivity contribution in [3.8, 4) is 17.2 Å². The molecule has 0 aromatic heterocycles. The molecule has 1 unspecified atom stereocenters. The van der Waals surface area contributed by atoms with Crippen LogP contribution in [0.5, 0.6) is 17.2 Å². The molecule has 31 nitrogen and oxygen atoms in total. The van der Waals surface area contributed by atoms with Crippen molar-refractivity contribution in [3.05, 3.63) is 81.4 Å². The summed E-state index contributed by atoms with van der Waals surface area (Å²) in [7, 11) is 5.58. The summed E-state index contributed by atoms with van der Waals surface area (Å²) in [6.07, 6.45) is -3.94. The van der Waals surface area contributed by atoms with E-state index in [2.05, 4.69) is 26.2 Å². The first-order valence-corrected chi connectivity index (χ1v) is 34.1. The zero-order valence-corrected chi connectivity index (χ0v) is 57.3. The van der Waals surface area contributed by atoms with Crippen LogP contribution in [0, 0.1) is 5.92 Å². The highest BCUT2D eigenvalue weighted by atomic mass is 32.2. The first kappa shape index (κ1) is 74.7. The summed E-state index contributed by atoms with van der Waals surface area (Å²) in [6.45, 7) is 5.03. The number of methoxy groups -OCH3 is 2. The minimum Gasteiger partial charge on any atom is -0.507 e. The zero-order chi connectivity index (χ0) is 71.7. The molecule has 0 saturated carbocycles. The van der Waals surface area contributed by atoms with Gasteiger partial charge in [-0.25, -0.2) is 14.4 Å². The van der Waals surface area contributed by atoms with Crippen molar-refractivity contribution in [2.45, 2.75) is 158 Å². The molecular weight excluding hydrogens is 1310 g/mol. The van der Waals surface area contributed by atoms with E-state index < -0.39 is 150 Å². The molecule has 99 heavy (non-hydrogen) atoms. The minimum atomic E-state index is -2.49. The van der Waals surface area contributed by atoms with Crippen LogP contribution in [0.4, 0.5) is 20.1 Å². The molecule has 6 aliphatic rings. The summed E-state index contributed by atoms with van der Waals surface area (Å²) in [5.74, 6) is -6.58. The summed E-state index contributed by atoms with van der Waals surface area (Å²) < 4.78 is 46.9. The third-order valence-corrected chi connectivity index (χ3v) is 19.6. The SMILES string of the molecule is COc1cccc2c1C(=O)c1c(O)c3c(c(O)c1C2=O)C[C@@](O)(C(=O)COC(=O)N(C)CCN(C)C(=O)OCc1ccc(NC(=O)[C@H](CCCNC(N)=O)NC(=O)[C@@H](NC(=O)CCCCCN2C(=O)CC(SC)C2=O)C(C)C)cc1)C[C@H]3O[C@@H]1C[C@H]2[C@H](O[C@@H]3[C@@H](OC)OCCN32)[C@H](C)O1. The Morgan fingerprint density at radius 1 is 0.859 bits per heavy atom. The molecule has 3 aromatic rings. The molecule has 0 bridgehead atoms. The van der Waals surface area contributed by atoms with Crippen molar-refractivity contribution in [2.75, 3.05) is 85.8 Å². The monoisotopic (exact) mass is 1400 g/mol. The number of morpholine rings is 1. The highest BCUT2D eigenvalue weighted by Gasteiger charge is 2.56. The number of carbonyl (C=O) groups is 11. The number of nitrogens with one attached hydrogen (secondary N) is 4. The third-order valence-electron chi connectivity index (χ3n) is 18.6. The molecule has 11 atom stereocenters. The molecule has 4 aliphatic heterocycles. The van der Waals surface area contributed by atoms with Gasteiger partial charge in [0.2, 0.25) is 41.1 Å². The molecule has 9 rings (SSSR count). The number of likely N-dealkylation sites (tertiary alicyclic amines) is 1. The summed E-state index contributed by atoms with van der Waals surface area (Å²) in [4.78, 5) is 152. The lowest BCUT2D eigenvalue weighted by atomic mass is 9.72. The number of ketones is 3. The number of rotatable bonds is 29. The number of phenolic OH excluding ortho intramolecular Hbond substituents is 2. The predicted octanol–water partition coefficient (Wildman–Crippen LogP) is 3.12. The number of unbranched alkanes of at least 4 members (excludes halogenated alkanes) is 2. The molecule has 4 saturated heterocycles. The number of Topliss-reactive ketones (excluding diaryl/α,β-unsaturated/α-hetero) is 1. The van der Waals surface area contributed by atoms with Crippen LogP contribution in [-0.2, 0) is 75.0 Å². The van der Waals surface area contributed by atoms with Crippen LogP contribution in [0.3, 0.4) is 0 Å². The van der Waals surface area contributed by atoms with Gasteiger partial charge in [0.05, 0.1) is 47.9 Å². The number of carbonyl (C=O) groups excluding carboxylic acids is 11. The van der Waals surface area contributed by atoms with Gasteiger partial charge in [0, 0.05) is 114 Å². The molecule has 9 amide bonds. The molecule has 3 aromatic carbocycles. The maximum absolute atomic E-state index is 14.3. The molecular formula is C67H87N9O22S. The van der Waals surface area contributed by atoms with Gasteiger partial charge in [0.15, 0.2) is 31.2 Å². The van der Waals surface area contributed by atoms with E-state index in [9.17, 15) is 68.1 Å². The Bertz CT molecular complexity index is 3580. The molecule has 4 fully saturated rings. The van der Waals surface area contributed by atoms with Crippen molar-refractivity contribution in [1.29, 1.82) is 0 Å². The van der Waals surface area contributed by atoms with Gasteiger partial charge in [-0.1, -0.05) is 44.5 Å². The fraction of sp³-hybridized carbons (Fsp3) is 0.567. The van der Waals surface area contributed by atoms with Gasteiger partial charge < -0.3 is 90.0 Å². The minimum absolute atomic E-state index is 0.0444. The number of amides is 9. The van der Waals surface area contributed by atoms with Crippen molar-refractivity contribution < 1.29 is 106 Å². The zero-order valence-electron chi connectivity index (χ0n) is 56.5. The van der Waals surface area contributed by atoms with E-state index in [1.165, 1.54) is 68.1 Å². The number of anilines is 1. The van der Waals surface area contributed by atoms with Gasteiger partial charge in [-0.3, -0.25) is 48.2 Å². The number of fused-ring (bicyclic) bond motifs is 6. The van der Waals surface area contributed by atoms with Crippen molar-refractivity contribution in [1.82, 2.24) is 35.6 Å². The highest BCUT2D eigenvalue weighted by Crippen LogP contribution is 2.53. The van der Waals surface area contributed by atoms with E-state index in [0.717, 1.165) is 4.90 Å². The fourth-order valence-corrected chi connectivity index (χ4v) is 13.8. The number of benzene rings is 3. The number of thioether (sulfide) groups is 1. The lowest BCUT2D eigenvalue weighted by Gasteiger charge is -2.43. The number of ether oxygens (including phenoxy) is 8. The maximum Gasteiger partial charge on any atom is 0.409 e. The topological polar surface area (TPSA) is 409 Å². The molecule has 0 radical (unpaired) electrons. The quantitative estimate of drug-likeness (QED) is 0.0220. The smallest absolute Gasteiger partial charge is 0.409 e. The van der Waals surface area contributed by atoms with Gasteiger partial charge in [0.1, 0.15) is 47.6 Å². The summed E-state index contributed by atoms with van der Waals surface area (Å²) in [5.41, 5.74) is 1.79. The van der Waals surface area contributed by atoms with E-state index in [4.69, 9.17) is 43.6 Å². The first-order chi connectivity index (χ1) is 47.2. The number of aromatic hydroxyl groups is 2. The Labute approximate surface area is 575 Å². The van der Waals surface area contributed by atoms with Crippen LogP contribution in [0.25, 0.3) is 0 Å². The standard InChI is InChI=1S/C67H87N9O22S/c1-34(2)53(72-46(78)17-10-9-11-23-76-47(79)29-44(99-8)61(76)86)60(85)71-40(15-13-22-69-64(68)87)59(84)70-37-20-18-36(19-21-37)32-94-65(88)73(4)24-25-74(5)66(89)95-33-45(77)67(90)30-39-50(57(83)52-51(55(39)81)54(80)38-14-12-16-42(91-6)49(38)56(52)82)43(31-67)97-48-28-41-58(35(3)96-48)98-62-63(92-7)93-27-26-75(41)62/h12,14,16,18-21,34-35,40-41,43-44,48,53,58,62-63,81,83,90H,9-11,13,15,17,22-33H2,1-8H3,(H,70,84)(H,71,85)(H,72,78)(H3,68,69,87)/t35-,40-,41-,43+,44?,48+,53-,58+,62+,63-,67-/m0/s1. The molecule has 4 heterocycles. The van der Waals surface area contributed by atoms with E-state index in [1.807, 2.05) is 0 Å². The third kappa shape index (κ3) is 16.9. The molecule has 2 aliphatic carbocycles. The van der Waals surface area contributed by atoms with Crippen LogP contribution in [0.1, 0.15) is 133 Å². The van der Waals surface area contributed by atoms with Crippen molar-refractivity contribution in [2.24, 2.45) is 11.7 Å². The number of likely N-dealkylation sites (N-methyl/N-ethyl adjacent to an activating group) is 2. The number of nitrogens with zero attached hydrogens (tertiary/aromatic N) is 4. The second kappa shape index (κ2) is 32.7. The van der Waals surface area contributed by atoms with Crippen LogP contribution < -0.4 is 31.7 Å². The van der Waals surface area contributed by atoms with Crippen LogP contribution >= 0.6 is 11.8 Å². The Hall–Kier alpha value is -8.50. The van der Waals surface area contributed by atoms with Crippen LogP contribution in [0.15, 0.2) is 42.5 Å². The number of phenols is 2. The number of imide groups is 1. The van der Waals surface area contributed by atoms with E-state index >= 15 is 0 Å². The van der Waals surface area contributed by atoms with Gasteiger partial charge in [-0.05, 0) is 68.5 Å². The number of aliphatic hydroxyl groups is 1. The summed E-state index contributed by atoms with van der Waals surface area (Å²) in [6, 6.07) is 7.39. The maximum atomic E-state index is 14.3. The molecule has 538 valence electrons. The van der Waals surface area contributed by atoms with E-state index in [-0.39, 0.29) is 122 Å². The Morgan fingerprint density at radius 3 is 2.23 bits per heavy atom. The second-order valence-electron chi connectivity index (χ2n) is 25.7. The van der Waals surface area contributed by atoms with Gasteiger partial charge >= 0.3 is 18.2 Å². The summed E-state index contributed by atoms with van der Waals surface area (Å²) in [5, 5.41) is 47.1. The number of nitrogens with two attached hydrogens (primary N) is 1. The van der Waals surface area contributed by atoms with Crippen molar-refractivity contribution in [3.63, 3.8) is 0 Å². The van der Waals surface area contributed by atoms with Crippen LogP contribution in [-0.4, -0.2) is 241 Å². The number of primary amides is 1. The second-order valence-corrected chi connectivity index (χ2v) is 26.7. The highest BCUT2D eigenvalue weighted by molar-refractivity contribution is 8.00. The Kier molecular flexibility index (Phi) is 24.7. The van der Waals surface area contributed by atoms with E-state index in [1.54, 1.807) is 51.3 Å². The molecule has 9 N–H and O–H groups in total. The van der Waals surface area contributed by atoms with E-state index in [0.29, 0.717) is 43.7 Å². The van der Waals surface area contributed by atoms with Gasteiger partial charge in [-0.15, -0.1) is 0 Å². The number of urea groups is 1. The predicted molar refractivity (Wildman–Crippen MR) is 351 cm³/mol. The average molecular weight is 1400 g/mol. The van der Waals surface area contributed by atoms with Crippen LogP contribution in [0.2, 0.25) is 0 Å². The Morgan fingerprint density at radius 2 is 1.57 bits per heavy atom. The normalized spacial score (nSPS) is 23.7. The first-order valence-electron chi connectivity index (χ1n) is 32.8. The fourth-order valence-electron chi connectivity index (χ4n) is 13.2. The average Bonchev–Trinajstić information content (AvgIpc) is 1.24. The van der Waals surface area contributed by atoms with Crippen molar-refractivity contribution >= 4 is 82.6 Å². The number of hydrogen-bond acceptors (Lipinski definition) is 24. The number of hydrogen-bond donors (Lipinski definition) is 8. The largest absolute Gasteiger partial charge is 0.507 e. The van der Waals surface area contributed by atoms with Gasteiger partial charge in [-0.2, -0.15) is 11.8 Å². The Balaban J connectivity index is 0.768. The molecule has 32 heteroatoms. The van der Waals surface area contributed by atoms with Gasteiger partial charge in [0.25, 0.3) is 0 Å². The lowest BCUT2D eigenvalue weighted by Crippen LogP contribution is -2.55. The summed E-state index contributed by atoms with van der Waals surface area (Å²) >= 11 is 1.34.